The minimum Gasteiger partial charge on any atom is -0.478 e. The molecule has 2 rings (SSSR count). The maximum atomic E-state index is 10.9. The fraction of sp³-hybridized carbons (Fsp3) is 0.267. The van der Waals surface area contributed by atoms with Crippen LogP contribution in [0.2, 0.25) is 0 Å². The molecule has 0 saturated carbocycles. The summed E-state index contributed by atoms with van der Waals surface area (Å²) in [5, 5.41) is 10.1. The smallest absolute Gasteiger partial charge is 0.328 e. The lowest BCUT2D eigenvalue weighted by molar-refractivity contribution is -0.131. The summed E-state index contributed by atoms with van der Waals surface area (Å²) in [6.45, 7) is 4.02. The highest BCUT2D eigenvalue weighted by Gasteiger charge is 2.14. The van der Waals surface area contributed by atoms with Gasteiger partial charge in [0.25, 0.3) is 0 Å². The average molecular weight is 243 g/mol. The van der Waals surface area contributed by atoms with Crippen LogP contribution < -0.4 is 0 Å². The van der Waals surface area contributed by atoms with Crippen molar-refractivity contribution in [3.8, 4) is 0 Å². The second-order valence-corrected chi connectivity index (χ2v) is 4.76. The first-order chi connectivity index (χ1) is 8.50. The molecule has 0 aliphatic rings. The summed E-state index contributed by atoms with van der Waals surface area (Å²) in [4.78, 5) is 10.9. The van der Waals surface area contributed by atoms with E-state index in [1.807, 2.05) is 55.9 Å². The molecule has 3 nitrogen and oxygen atoms in total. The number of hydrogen-bond acceptors (Lipinski definition) is 1. The lowest BCUT2D eigenvalue weighted by Crippen LogP contribution is -1.98. The average Bonchev–Trinajstić information content (AvgIpc) is 2.64. The van der Waals surface area contributed by atoms with Crippen molar-refractivity contribution in [3.05, 3.63) is 42.1 Å². The highest BCUT2D eigenvalue weighted by molar-refractivity contribution is 5.98. The Hall–Kier alpha value is -2.03. The van der Waals surface area contributed by atoms with Crippen LogP contribution in [0.1, 0.15) is 19.4 Å². The fourth-order valence-electron chi connectivity index (χ4n) is 2.26. The number of aromatic nitrogens is 1. The molecule has 0 radical (unpaired) electrons. The minimum atomic E-state index is -0.897. The second kappa shape index (κ2) is 4.69. The van der Waals surface area contributed by atoms with E-state index in [1.54, 1.807) is 0 Å². The van der Waals surface area contributed by atoms with E-state index >= 15 is 0 Å². The van der Waals surface area contributed by atoms with Crippen LogP contribution in [0.15, 0.2) is 36.5 Å². The lowest BCUT2D eigenvalue weighted by Gasteiger charge is -2.09. The second-order valence-electron chi connectivity index (χ2n) is 4.76. The highest BCUT2D eigenvalue weighted by atomic mass is 16.4. The molecular weight excluding hydrogens is 226 g/mol. The van der Waals surface area contributed by atoms with Gasteiger partial charge in [-0.15, -0.1) is 0 Å². The predicted octanol–water partition coefficient (Wildman–Crippen LogP) is 3.30. The zero-order chi connectivity index (χ0) is 13.3. The van der Waals surface area contributed by atoms with Gasteiger partial charge in [-0.3, -0.25) is 0 Å². The van der Waals surface area contributed by atoms with E-state index in [9.17, 15) is 4.79 Å². The van der Waals surface area contributed by atoms with Crippen molar-refractivity contribution in [3.63, 3.8) is 0 Å². The van der Waals surface area contributed by atoms with Crippen LogP contribution in [0, 0.1) is 5.92 Å². The summed E-state index contributed by atoms with van der Waals surface area (Å²) < 4.78 is 2.03. The van der Waals surface area contributed by atoms with Crippen molar-refractivity contribution >= 4 is 22.4 Å². The van der Waals surface area contributed by atoms with Crippen LogP contribution in [0.5, 0.6) is 0 Å². The number of benzene rings is 1. The maximum Gasteiger partial charge on any atom is 0.328 e. The van der Waals surface area contributed by atoms with Gasteiger partial charge in [0.2, 0.25) is 0 Å². The number of rotatable bonds is 3. The van der Waals surface area contributed by atoms with Gasteiger partial charge >= 0.3 is 5.97 Å². The summed E-state index contributed by atoms with van der Waals surface area (Å²) in [6, 6.07) is 8.03. The van der Waals surface area contributed by atoms with Gasteiger partial charge in [-0.2, -0.15) is 0 Å². The summed E-state index contributed by atoms with van der Waals surface area (Å²) in [5.41, 5.74) is 2.98. The Labute approximate surface area is 106 Å². The SMILES string of the molecule is CC(C)/C(=C\C(=O)O)c1cn(C)c2ccccc12. The first kappa shape index (κ1) is 12.4. The normalized spacial score (nSPS) is 12.3. The molecule has 18 heavy (non-hydrogen) atoms. The zero-order valence-electron chi connectivity index (χ0n) is 10.8. The summed E-state index contributed by atoms with van der Waals surface area (Å²) in [6.07, 6.45) is 3.31. The number of allylic oxidation sites excluding steroid dienone is 1. The lowest BCUT2D eigenvalue weighted by atomic mass is 9.94. The highest BCUT2D eigenvalue weighted by Crippen LogP contribution is 2.31. The molecule has 94 valence electrons. The Morgan fingerprint density at radius 3 is 2.61 bits per heavy atom. The van der Waals surface area contributed by atoms with Gasteiger partial charge in [-0.05, 0) is 17.6 Å². The number of nitrogens with zero attached hydrogens (tertiary/aromatic N) is 1. The van der Waals surface area contributed by atoms with Gasteiger partial charge < -0.3 is 9.67 Å². The zero-order valence-corrected chi connectivity index (χ0v) is 10.8. The van der Waals surface area contributed by atoms with Gasteiger partial charge in [-0.25, -0.2) is 4.79 Å². The molecule has 3 heteroatoms. The Morgan fingerprint density at radius 2 is 2.00 bits per heavy atom. The summed E-state index contributed by atoms with van der Waals surface area (Å²) >= 11 is 0. The molecule has 0 bridgehead atoms. The maximum absolute atomic E-state index is 10.9. The van der Waals surface area contributed by atoms with Crippen LogP contribution in [0.25, 0.3) is 16.5 Å². The van der Waals surface area contributed by atoms with Crippen LogP contribution >= 0.6 is 0 Å². The first-order valence-corrected chi connectivity index (χ1v) is 5.99. The van der Waals surface area contributed by atoms with E-state index in [1.165, 1.54) is 6.08 Å². The van der Waals surface area contributed by atoms with Crippen molar-refractivity contribution in [2.24, 2.45) is 13.0 Å². The Bertz CT molecular complexity index is 620. The number of aliphatic carboxylic acids is 1. The number of fused-ring (bicyclic) bond motifs is 1. The van der Waals surface area contributed by atoms with Crippen molar-refractivity contribution < 1.29 is 9.90 Å². The molecular formula is C15H17NO2. The first-order valence-electron chi connectivity index (χ1n) is 5.99. The molecule has 0 spiro atoms. The number of aryl methyl sites for hydroxylation is 1. The summed E-state index contributed by atoms with van der Waals surface area (Å²) in [5.74, 6) is -0.724. The number of carbonyl (C=O) groups is 1. The van der Waals surface area contributed by atoms with E-state index in [0.717, 1.165) is 22.0 Å². The third kappa shape index (κ3) is 2.16. The molecule has 1 N–H and O–H groups in total. The van der Waals surface area contributed by atoms with Crippen LogP contribution in [0.3, 0.4) is 0 Å². The van der Waals surface area contributed by atoms with Crippen LogP contribution in [-0.2, 0) is 11.8 Å². The quantitative estimate of drug-likeness (QED) is 0.840. The fourth-order valence-corrected chi connectivity index (χ4v) is 2.26. The third-order valence-corrected chi connectivity index (χ3v) is 3.11. The van der Waals surface area contributed by atoms with Gasteiger partial charge in [0.05, 0.1) is 0 Å². The number of hydrogen-bond donors (Lipinski definition) is 1. The third-order valence-electron chi connectivity index (χ3n) is 3.11. The van der Waals surface area contributed by atoms with Gasteiger partial charge in [-0.1, -0.05) is 32.0 Å². The van der Waals surface area contributed by atoms with Gasteiger partial charge in [0.15, 0.2) is 0 Å². The van der Waals surface area contributed by atoms with E-state index in [4.69, 9.17) is 5.11 Å². The van der Waals surface area contributed by atoms with Crippen molar-refractivity contribution in [2.45, 2.75) is 13.8 Å². The van der Waals surface area contributed by atoms with E-state index in [2.05, 4.69) is 0 Å². The standard InChI is InChI=1S/C15H17NO2/c1-10(2)12(8-15(17)18)13-9-16(3)14-7-5-4-6-11(13)14/h4-10H,1-3H3,(H,17,18)/b12-8+. The Kier molecular flexibility index (Phi) is 3.24. The molecule has 0 aliphatic heterocycles. The monoisotopic (exact) mass is 243 g/mol. The molecule has 0 unspecified atom stereocenters. The van der Waals surface area contributed by atoms with Crippen LogP contribution in [0.4, 0.5) is 0 Å². The number of carboxylic acids is 1. The predicted molar refractivity (Wildman–Crippen MR) is 73.4 cm³/mol. The molecule has 0 atom stereocenters. The van der Waals surface area contributed by atoms with Crippen molar-refractivity contribution in [1.82, 2.24) is 4.57 Å². The van der Waals surface area contributed by atoms with Crippen LogP contribution in [-0.4, -0.2) is 15.6 Å². The molecule has 0 aliphatic carbocycles. The molecule has 0 fully saturated rings. The minimum absolute atomic E-state index is 0.173. The van der Waals surface area contributed by atoms with E-state index in [-0.39, 0.29) is 5.92 Å². The largest absolute Gasteiger partial charge is 0.478 e. The number of para-hydroxylation sites is 1. The molecule has 1 aromatic heterocycles. The molecule has 0 saturated heterocycles. The molecule has 1 aromatic carbocycles. The topological polar surface area (TPSA) is 42.2 Å². The van der Waals surface area contributed by atoms with E-state index < -0.39 is 5.97 Å². The molecule has 1 heterocycles. The number of carboxylic acid groups (broad SMARTS) is 1. The Balaban J connectivity index is 2.69. The summed E-state index contributed by atoms with van der Waals surface area (Å²) in [7, 11) is 1.98. The van der Waals surface area contributed by atoms with Crippen molar-refractivity contribution in [2.75, 3.05) is 0 Å². The van der Waals surface area contributed by atoms with Crippen molar-refractivity contribution in [1.29, 1.82) is 0 Å². The molecule has 2 aromatic rings. The van der Waals surface area contributed by atoms with Gasteiger partial charge in [0, 0.05) is 35.8 Å². The molecule has 0 amide bonds. The van der Waals surface area contributed by atoms with E-state index in [0.29, 0.717) is 0 Å². The Morgan fingerprint density at radius 1 is 1.33 bits per heavy atom. The van der Waals surface area contributed by atoms with Gasteiger partial charge in [0.1, 0.15) is 0 Å².